The van der Waals surface area contributed by atoms with E-state index in [9.17, 15) is 9.59 Å². The van der Waals surface area contributed by atoms with Gasteiger partial charge in [-0.15, -0.1) is 0 Å². The van der Waals surface area contributed by atoms with Crippen LogP contribution in [-0.4, -0.2) is 23.8 Å². The van der Waals surface area contributed by atoms with Gasteiger partial charge in [-0.3, -0.25) is 4.79 Å². The lowest BCUT2D eigenvalue weighted by atomic mass is 10.00. The molecule has 0 aromatic carbocycles. The predicted octanol–water partition coefficient (Wildman–Crippen LogP) is 2.91. The first-order chi connectivity index (χ1) is 8.10. The van der Waals surface area contributed by atoms with E-state index in [2.05, 4.69) is 0 Å². The lowest BCUT2D eigenvalue weighted by molar-refractivity contribution is -0.114. The van der Waals surface area contributed by atoms with Gasteiger partial charge in [0.2, 0.25) is 0 Å². The molecule has 0 spiro atoms. The molecule has 2 atom stereocenters. The molecular formula is C14H26O3. The number of carbonyl (C=O) groups is 2. The summed E-state index contributed by atoms with van der Waals surface area (Å²) in [5.74, 6) is -0.157. The Bertz CT molecular complexity index is 222. The van der Waals surface area contributed by atoms with Crippen molar-refractivity contribution in [2.75, 3.05) is 0 Å². The quantitative estimate of drug-likeness (QED) is 0.551. The van der Waals surface area contributed by atoms with Crippen molar-refractivity contribution >= 4 is 12.6 Å². The lowest BCUT2D eigenvalue weighted by Gasteiger charge is -2.12. The molecule has 0 amide bonds. The molecule has 0 heterocycles. The molecule has 0 aliphatic rings. The summed E-state index contributed by atoms with van der Waals surface area (Å²) in [5.41, 5.74) is 0.910. The summed E-state index contributed by atoms with van der Waals surface area (Å²) >= 11 is 0. The number of rotatable bonds is 7. The van der Waals surface area contributed by atoms with Gasteiger partial charge in [0.25, 0.3) is 0 Å². The molecule has 0 aliphatic carbocycles. The molecule has 100 valence electrons. The largest absolute Gasteiger partial charge is 0.392 e. The fourth-order valence-corrected chi connectivity index (χ4v) is 1.30. The zero-order chi connectivity index (χ0) is 13.7. The minimum atomic E-state index is -0.438. The van der Waals surface area contributed by atoms with E-state index in [4.69, 9.17) is 5.11 Å². The fourth-order valence-electron chi connectivity index (χ4n) is 1.30. The van der Waals surface area contributed by atoms with Gasteiger partial charge in [-0.1, -0.05) is 33.8 Å². The molecule has 0 saturated heterocycles. The first kappa shape index (κ1) is 18.4. The van der Waals surface area contributed by atoms with Crippen molar-refractivity contribution in [2.24, 2.45) is 5.92 Å². The summed E-state index contributed by atoms with van der Waals surface area (Å²) < 4.78 is 0. The average molecular weight is 242 g/mol. The zero-order valence-corrected chi connectivity index (χ0v) is 11.5. The highest BCUT2D eigenvalue weighted by Gasteiger charge is 2.12. The van der Waals surface area contributed by atoms with Crippen LogP contribution in [0.5, 0.6) is 0 Å². The van der Waals surface area contributed by atoms with Crippen molar-refractivity contribution in [3.8, 4) is 0 Å². The third kappa shape index (κ3) is 9.94. The van der Waals surface area contributed by atoms with Crippen LogP contribution in [-0.2, 0) is 9.59 Å². The van der Waals surface area contributed by atoms with Crippen LogP contribution in [0.3, 0.4) is 0 Å². The molecular weight excluding hydrogens is 216 g/mol. The van der Waals surface area contributed by atoms with Crippen LogP contribution in [0.15, 0.2) is 11.6 Å². The molecule has 0 aromatic rings. The lowest BCUT2D eigenvalue weighted by Crippen LogP contribution is -2.19. The van der Waals surface area contributed by atoms with Crippen molar-refractivity contribution in [2.45, 2.75) is 59.5 Å². The predicted molar refractivity (Wildman–Crippen MR) is 70.9 cm³/mol. The summed E-state index contributed by atoms with van der Waals surface area (Å²) in [6, 6.07) is 0. The number of hydrogen-bond donors (Lipinski definition) is 1. The van der Waals surface area contributed by atoms with E-state index in [1.54, 1.807) is 0 Å². The van der Waals surface area contributed by atoms with Gasteiger partial charge in [0.1, 0.15) is 12.6 Å². The maximum absolute atomic E-state index is 10.2. The second kappa shape index (κ2) is 13.1. The van der Waals surface area contributed by atoms with E-state index >= 15 is 0 Å². The van der Waals surface area contributed by atoms with Crippen molar-refractivity contribution in [3.05, 3.63) is 11.6 Å². The first-order valence-corrected chi connectivity index (χ1v) is 6.38. The van der Waals surface area contributed by atoms with Gasteiger partial charge in [-0.25, -0.2) is 0 Å². The van der Waals surface area contributed by atoms with Crippen LogP contribution >= 0.6 is 0 Å². The van der Waals surface area contributed by atoms with Crippen molar-refractivity contribution in [1.29, 1.82) is 0 Å². The zero-order valence-electron chi connectivity index (χ0n) is 11.5. The molecule has 0 aliphatic heterocycles. The van der Waals surface area contributed by atoms with E-state index < -0.39 is 6.10 Å². The molecule has 3 nitrogen and oxygen atoms in total. The highest BCUT2D eigenvalue weighted by atomic mass is 16.3. The van der Waals surface area contributed by atoms with Crippen LogP contribution in [0.4, 0.5) is 0 Å². The maximum atomic E-state index is 10.2. The summed E-state index contributed by atoms with van der Waals surface area (Å²) in [4.78, 5) is 20.2. The Balaban J connectivity index is 0. The monoisotopic (exact) mass is 242 g/mol. The van der Waals surface area contributed by atoms with E-state index in [0.29, 0.717) is 6.42 Å². The third-order valence-electron chi connectivity index (χ3n) is 2.58. The van der Waals surface area contributed by atoms with Crippen molar-refractivity contribution < 1.29 is 14.7 Å². The fraction of sp³-hybridized carbons (Fsp3) is 0.714. The van der Waals surface area contributed by atoms with Crippen LogP contribution in [0.25, 0.3) is 0 Å². The van der Waals surface area contributed by atoms with Gasteiger partial charge in [-0.05, 0) is 31.3 Å². The van der Waals surface area contributed by atoms with Gasteiger partial charge in [0.15, 0.2) is 0 Å². The number of allylic oxidation sites excluding steroid dienone is 2. The first-order valence-electron chi connectivity index (χ1n) is 6.38. The second-order valence-corrected chi connectivity index (χ2v) is 3.84. The molecule has 2 unspecified atom stereocenters. The van der Waals surface area contributed by atoms with Crippen molar-refractivity contribution in [3.63, 3.8) is 0 Å². The van der Waals surface area contributed by atoms with Gasteiger partial charge in [-0.2, -0.15) is 0 Å². The summed E-state index contributed by atoms with van der Waals surface area (Å²) in [7, 11) is 0. The molecule has 17 heavy (non-hydrogen) atoms. The van der Waals surface area contributed by atoms with Crippen molar-refractivity contribution in [1.82, 2.24) is 0 Å². The topological polar surface area (TPSA) is 54.4 Å². The average Bonchev–Trinajstić information content (AvgIpc) is 2.37. The Labute approximate surface area is 105 Å². The molecule has 0 saturated carbocycles. The van der Waals surface area contributed by atoms with Crippen LogP contribution in [0, 0.1) is 5.92 Å². The van der Waals surface area contributed by atoms with Gasteiger partial charge >= 0.3 is 0 Å². The molecule has 3 heteroatoms. The molecule has 0 radical (unpaired) electrons. The molecule has 0 aromatic heterocycles. The summed E-state index contributed by atoms with van der Waals surface area (Å²) in [6.07, 6.45) is 6.48. The number of aldehydes is 2. The minimum Gasteiger partial charge on any atom is -0.392 e. The normalized spacial score (nSPS) is 14.3. The summed E-state index contributed by atoms with van der Waals surface area (Å²) in [6.45, 7) is 7.78. The van der Waals surface area contributed by atoms with Gasteiger partial charge < -0.3 is 9.90 Å². The Kier molecular flexibility index (Phi) is 14.2. The van der Waals surface area contributed by atoms with Crippen LogP contribution in [0.1, 0.15) is 53.4 Å². The third-order valence-corrected chi connectivity index (χ3v) is 2.58. The minimum absolute atomic E-state index is 0.157. The van der Waals surface area contributed by atoms with Gasteiger partial charge in [0.05, 0.1) is 6.10 Å². The Morgan fingerprint density at radius 1 is 1.12 bits per heavy atom. The van der Waals surface area contributed by atoms with Crippen LogP contribution < -0.4 is 0 Å². The molecule has 0 rings (SSSR count). The summed E-state index contributed by atoms with van der Waals surface area (Å²) in [5, 5.41) is 9.09. The van der Waals surface area contributed by atoms with E-state index in [0.717, 1.165) is 37.4 Å². The van der Waals surface area contributed by atoms with Crippen LogP contribution in [0.2, 0.25) is 0 Å². The number of hydrogen-bond acceptors (Lipinski definition) is 3. The highest BCUT2D eigenvalue weighted by Crippen LogP contribution is 2.07. The highest BCUT2D eigenvalue weighted by molar-refractivity contribution is 5.72. The Morgan fingerprint density at radius 2 is 1.71 bits per heavy atom. The standard InChI is InChI=1S/C7H14O2.C7H12O/c1-3-6(5-8)7(9)4-2;1-3-5-7(4-2)6-8/h5-7,9H,3-4H2,1-2H3;5-6H,3-4H2,1-2H3/b;7-5+. The number of aliphatic hydroxyl groups excluding tert-OH is 1. The van der Waals surface area contributed by atoms with E-state index in [1.807, 2.05) is 33.8 Å². The Morgan fingerprint density at radius 3 is 1.82 bits per heavy atom. The number of aliphatic hydroxyl groups is 1. The molecule has 1 N–H and O–H groups in total. The van der Waals surface area contributed by atoms with E-state index in [-0.39, 0.29) is 5.92 Å². The number of carbonyl (C=O) groups excluding carboxylic acids is 2. The molecule has 0 bridgehead atoms. The Hall–Kier alpha value is -0.960. The maximum Gasteiger partial charge on any atom is 0.145 e. The van der Waals surface area contributed by atoms with E-state index in [1.165, 1.54) is 0 Å². The second-order valence-electron chi connectivity index (χ2n) is 3.84. The van der Waals surface area contributed by atoms with Gasteiger partial charge in [0, 0.05) is 5.92 Å². The molecule has 0 fully saturated rings. The smallest absolute Gasteiger partial charge is 0.145 e. The SMILES string of the molecule is CC/C=C(/C=O)CC.CCC(O)C(C=O)CC.